The number of hydrogen-bond donors (Lipinski definition) is 2. The Bertz CT molecular complexity index is 1030. The molecule has 2 aromatic rings. The van der Waals surface area contributed by atoms with Crippen LogP contribution in [0.2, 0.25) is 0 Å². The van der Waals surface area contributed by atoms with Gasteiger partial charge in [-0.05, 0) is 55.3 Å². The van der Waals surface area contributed by atoms with Gasteiger partial charge in [0.1, 0.15) is 0 Å². The summed E-state index contributed by atoms with van der Waals surface area (Å²) in [5.74, 6) is -0.490. The molecule has 0 aliphatic heterocycles. The average Bonchev–Trinajstić information content (AvgIpc) is 2.80. The molecule has 1 aliphatic carbocycles. The zero-order chi connectivity index (χ0) is 22.4. The van der Waals surface area contributed by atoms with E-state index >= 15 is 0 Å². The number of carbonyl (C=O) groups is 2. The van der Waals surface area contributed by atoms with Crippen molar-refractivity contribution in [3.63, 3.8) is 0 Å². The molecule has 0 spiro atoms. The molecule has 8 heteroatoms. The predicted octanol–water partition coefficient (Wildman–Crippen LogP) is 4.24. The third kappa shape index (κ3) is 5.71. The molecule has 0 unspecified atom stereocenters. The van der Waals surface area contributed by atoms with Gasteiger partial charge in [0, 0.05) is 36.4 Å². The number of amides is 2. The Kier molecular flexibility index (Phi) is 7.46. The Morgan fingerprint density at radius 3 is 2.19 bits per heavy atom. The molecule has 1 aliphatic rings. The molecule has 2 aromatic carbocycles. The van der Waals surface area contributed by atoms with Gasteiger partial charge in [0.2, 0.25) is 15.9 Å². The number of sulfonamides is 1. The van der Waals surface area contributed by atoms with Gasteiger partial charge < -0.3 is 10.6 Å². The van der Waals surface area contributed by atoms with Crippen molar-refractivity contribution in [3.05, 3.63) is 54.1 Å². The summed E-state index contributed by atoms with van der Waals surface area (Å²) in [6.07, 6.45) is 5.33. The fraction of sp³-hybridized carbons (Fsp3) is 0.391. The first-order chi connectivity index (χ1) is 14.8. The second-order valence-corrected chi connectivity index (χ2v) is 9.77. The van der Waals surface area contributed by atoms with E-state index in [1.54, 1.807) is 50.4 Å². The van der Waals surface area contributed by atoms with Crippen molar-refractivity contribution >= 4 is 33.2 Å². The first-order valence-corrected chi connectivity index (χ1v) is 12.0. The molecule has 1 saturated carbocycles. The monoisotopic (exact) mass is 443 g/mol. The smallest absolute Gasteiger partial charge is 0.255 e. The van der Waals surface area contributed by atoms with E-state index in [0.717, 1.165) is 32.1 Å². The van der Waals surface area contributed by atoms with Gasteiger partial charge >= 0.3 is 0 Å². The van der Waals surface area contributed by atoms with Crippen LogP contribution in [0.1, 0.15) is 55.8 Å². The molecule has 0 saturated heterocycles. The third-order valence-corrected chi connectivity index (χ3v) is 7.52. The molecular weight excluding hydrogens is 414 g/mol. The molecule has 3 rings (SSSR count). The number of benzene rings is 2. The normalized spacial score (nSPS) is 14.9. The van der Waals surface area contributed by atoms with E-state index in [-0.39, 0.29) is 22.4 Å². The van der Waals surface area contributed by atoms with E-state index < -0.39 is 15.9 Å². The predicted molar refractivity (Wildman–Crippen MR) is 122 cm³/mol. The lowest BCUT2D eigenvalue weighted by Gasteiger charge is -2.30. The highest BCUT2D eigenvalue weighted by atomic mass is 32.2. The molecule has 2 N–H and O–H groups in total. The van der Waals surface area contributed by atoms with Crippen molar-refractivity contribution in [2.45, 2.75) is 56.4 Å². The summed E-state index contributed by atoms with van der Waals surface area (Å²) < 4.78 is 27.6. The van der Waals surface area contributed by atoms with Gasteiger partial charge in [-0.1, -0.05) is 32.3 Å². The first kappa shape index (κ1) is 23.0. The zero-order valence-corrected chi connectivity index (χ0v) is 18.7. The minimum Gasteiger partial charge on any atom is -0.326 e. The van der Waals surface area contributed by atoms with Crippen LogP contribution in [0.25, 0.3) is 0 Å². The lowest BCUT2D eigenvalue weighted by atomic mass is 9.96. The van der Waals surface area contributed by atoms with Crippen LogP contribution < -0.4 is 10.6 Å². The van der Waals surface area contributed by atoms with E-state index in [9.17, 15) is 18.0 Å². The van der Waals surface area contributed by atoms with Crippen molar-refractivity contribution in [3.8, 4) is 0 Å². The highest BCUT2D eigenvalue weighted by Gasteiger charge is 2.29. The maximum Gasteiger partial charge on any atom is 0.255 e. The fourth-order valence-electron chi connectivity index (χ4n) is 3.69. The third-order valence-electron chi connectivity index (χ3n) is 5.61. The van der Waals surface area contributed by atoms with E-state index in [1.807, 2.05) is 0 Å². The van der Waals surface area contributed by atoms with Gasteiger partial charge in [-0.15, -0.1) is 0 Å². The minimum atomic E-state index is -3.67. The summed E-state index contributed by atoms with van der Waals surface area (Å²) in [4.78, 5) is 24.3. The molecule has 7 nitrogen and oxygen atoms in total. The van der Waals surface area contributed by atoms with Gasteiger partial charge in [-0.2, -0.15) is 4.31 Å². The maximum absolute atomic E-state index is 13.1. The Morgan fingerprint density at radius 1 is 0.968 bits per heavy atom. The van der Waals surface area contributed by atoms with Crippen LogP contribution in [0, 0.1) is 0 Å². The highest BCUT2D eigenvalue weighted by molar-refractivity contribution is 7.89. The number of nitrogens with zero attached hydrogens (tertiary/aromatic N) is 1. The van der Waals surface area contributed by atoms with Crippen LogP contribution in [0.4, 0.5) is 11.4 Å². The highest BCUT2D eigenvalue weighted by Crippen LogP contribution is 2.27. The fourth-order valence-corrected chi connectivity index (χ4v) is 5.16. The number of anilines is 2. The Hall–Kier alpha value is -2.71. The van der Waals surface area contributed by atoms with Crippen molar-refractivity contribution < 1.29 is 18.0 Å². The quantitative estimate of drug-likeness (QED) is 0.669. The molecule has 0 radical (unpaired) electrons. The number of nitrogens with one attached hydrogen (secondary N) is 2. The summed E-state index contributed by atoms with van der Waals surface area (Å²) in [5, 5.41) is 5.51. The molecule has 166 valence electrons. The van der Waals surface area contributed by atoms with Crippen molar-refractivity contribution in [2.24, 2.45) is 0 Å². The summed E-state index contributed by atoms with van der Waals surface area (Å²) in [5.41, 5.74) is 1.46. The Balaban J connectivity index is 1.71. The SMILES string of the molecule is CCC(=O)Nc1ccc(NC(=O)c2cccc(S(=O)(=O)N(C)C3CCCCC3)c2)cc1. The van der Waals surface area contributed by atoms with Crippen LogP contribution in [-0.2, 0) is 14.8 Å². The van der Waals surface area contributed by atoms with Crippen LogP contribution in [0.15, 0.2) is 53.4 Å². The molecular formula is C23H29N3O4S. The zero-order valence-electron chi connectivity index (χ0n) is 17.9. The van der Waals surface area contributed by atoms with E-state index in [1.165, 1.54) is 16.4 Å². The lowest BCUT2D eigenvalue weighted by Crippen LogP contribution is -2.38. The molecule has 0 heterocycles. The molecule has 1 fully saturated rings. The first-order valence-electron chi connectivity index (χ1n) is 10.6. The summed E-state index contributed by atoms with van der Waals surface area (Å²) in [7, 11) is -2.05. The summed E-state index contributed by atoms with van der Waals surface area (Å²) in [6.45, 7) is 1.77. The Labute approximate surface area is 183 Å². The largest absolute Gasteiger partial charge is 0.326 e. The van der Waals surface area contributed by atoms with Crippen molar-refractivity contribution in [1.82, 2.24) is 4.31 Å². The number of carbonyl (C=O) groups excluding carboxylic acids is 2. The van der Waals surface area contributed by atoms with Crippen molar-refractivity contribution in [2.75, 3.05) is 17.7 Å². The van der Waals surface area contributed by atoms with Crippen LogP contribution in [0.5, 0.6) is 0 Å². The van der Waals surface area contributed by atoms with E-state index in [2.05, 4.69) is 10.6 Å². The van der Waals surface area contributed by atoms with Gasteiger partial charge in [0.05, 0.1) is 4.90 Å². The second kappa shape index (κ2) is 10.1. The van der Waals surface area contributed by atoms with Crippen LogP contribution in [-0.4, -0.2) is 37.6 Å². The minimum absolute atomic E-state index is 0.00273. The maximum atomic E-state index is 13.1. The van der Waals surface area contributed by atoms with Gasteiger partial charge in [-0.25, -0.2) is 8.42 Å². The van der Waals surface area contributed by atoms with Crippen LogP contribution in [0.3, 0.4) is 0 Å². The van der Waals surface area contributed by atoms with Crippen molar-refractivity contribution in [1.29, 1.82) is 0 Å². The molecule has 31 heavy (non-hydrogen) atoms. The molecule has 0 bridgehead atoms. The molecule has 0 atom stereocenters. The Morgan fingerprint density at radius 2 is 1.58 bits per heavy atom. The van der Waals surface area contributed by atoms with Gasteiger partial charge in [-0.3, -0.25) is 9.59 Å². The summed E-state index contributed by atoms with van der Waals surface area (Å²) >= 11 is 0. The van der Waals surface area contributed by atoms with Gasteiger partial charge in [0.25, 0.3) is 5.91 Å². The van der Waals surface area contributed by atoms with Gasteiger partial charge in [0.15, 0.2) is 0 Å². The van der Waals surface area contributed by atoms with E-state index in [0.29, 0.717) is 17.8 Å². The van der Waals surface area contributed by atoms with Crippen LogP contribution >= 0.6 is 0 Å². The average molecular weight is 444 g/mol. The van der Waals surface area contributed by atoms with E-state index in [4.69, 9.17) is 0 Å². The summed E-state index contributed by atoms with van der Waals surface area (Å²) in [6, 6.07) is 12.9. The lowest BCUT2D eigenvalue weighted by molar-refractivity contribution is -0.115. The number of rotatable bonds is 7. The number of hydrogen-bond acceptors (Lipinski definition) is 4. The topological polar surface area (TPSA) is 95.6 Å². The molecule has 0 aromatic heterocycles. The second-order valence-electron chi connectivity index (χ2n) is 7.77. The standard InChI is InChI=1S/C23H29N3O4S/c1-3-22(27)24-18-12-14-19(15-13-18)25-23(28)17-8-7-11-21(16-17)31(29,30)26(2)20-9-5-4-6-10-20/h7-8,11-16,20H,3-6,9-10H2,1-2H3,(H,24,27)(H,25,28). The molecule has 2 amide bonds.